The maximum Gasteiger partial charge on any atom is 0.387 e. The fourth-order valence-corrected chi connectivity index (χ4v) is 6.13. The number of aliphatic hydroxyl groups is 1. The molecule has 3 fully saturated rings. The van der Waals surface area contributed by atoms with Gasteiger partial charge in [-0.15, -0.1) is 0 Å². The van der Waals surface area contributed by atoms with E-state index in [1.165, 1.54) is 12.3 Å². The first-order chi connectivity index (χ1) is 16.2. The topological polar surface area (TPSA) is 89.4 Å². The number of fused-ring (bicyclic) bond motifs is 1. The van der Waals surface area contributed by atoms with Crippen molar-refractivity contribution < 1.29 is 23.0 Å². The van der Waals surface area contributed by atoms with Gasteiger partial charge in [0.15, 0.2) is 11.6 Å². The van der Waals surface area contributed by atoms with Crippen molar-refractivity contribution in [2.45, 2.75) is 69.8 Å². The Kier molecular flexibility index (Phi) is 6.00. The maximum atomic E-state index is 14.8. The van der Waals surface area contributed by atoms with Crippen LogP contribution in [0.25, 0.3) is 11.3 Å². The Morgan fingerprint density at radius 1 is 1.26 bits per heavy atom. The quantitative estimate of drug-likeness (QED) is 0.595. The zero-order valence-electron chi connectivity index (χ0n) is 19.5. The lowest BCUT2D eigenvalue weighted by Crippen LogP contribution is -2.36. The van der Waals surface area contributed by atoms with Gasteiger partial charge in [0.2, 0.25) is 0 Å². The molecule has 0 amide bonds. The van der Waals surface area contributed by atoms with E-state index in [1.54, 1.807) is 0 Å². The molecule has 10 heteroatoms. The summed E-state index contributed by atoms with van der Waals surface area (Å²) in [5.74, 6) is 1.24. The smallest absolute Gasteiger partial charge is 0.387 e. The van der Waals surface area contributed by atoms with Crippen molar-refractivity contribution in [3.8, 4) is 17.0 Å². The SMILES string of the molecule is CC(C)n1nc(-c2cnc(N)c(OC(F)F)c2)cc1C1[C@H]2CC(N3CCC(F)(CCO)C3)C[C@@H]12. The van der Waals surface area contributed by atoms with Crippen molar-refractivity contribution in [3.05, 3.63) is 24.0 Å². The number of pyridine rings is 1. The minimum Gasteiger partial charge on any atom is -0.431 e. The molecule has 186 valence electrons. The first-order valence-electron chi connectivity index (χ1n) is 12.0. The molecule has 3 heterocycles. The molecule has 2 aliphatic carbocycles. The van der Waals surface area contributed by atoms with E-state index in [4.69, 9.17) is 15.9 Å². The number of hydrogen-bond donors (Lipinski definition) is 2. The van der Waals surface area contributed by atoms with E-state index < -0.39 is 12.3 Å². The molecular formula is C24H32F3N5O2. The molecule has 3 N–H and O–H groups in total. The lowest BCUT2D eigenvalue weighted by atomic mass is 10.0. The second-order valence-corrected chi connectivity index (χ2v) is 10.3. The van der Waals surface area contributed by atoms with Gasteiger partial charge in [0.05, 0.1) is 5.69 Å². The molecule has 34 heavy (non-hydrogen) atoms. The van der Waals surface area contributed by atoms with Crippen molar-refractivity contribution in [2.24, 2.45) is 11.8 Å². The van der Waals surface area contributed by atoms with Crippen molar-refractivity contribution >= 4 is 5.82 Å². The van der Waals surface area contributed by atoms with E-state index in [-0.39, 0.29) is 30.6 Å². The summed E-state index contributed by atoms with van der Waals surface area (Å²) < 4.78 is 46.8. The van der Waals surface area contributed by atoms with Crippen LogP contribution >= 0.6 is 0 Å². The number of alkyl halides is 3. The lowest BCUT2D eigenvalue weighted by Gasteiger charge is -2.27. The van der Waals surface area contributed by atoms with Gasteiger partial charge < -0.3 is 15.6 Å². The van der Waals surface area contributed by atoms with Crippen molar-refractivity contribution in [3.63, 3.8) is 0 Å². The molecule has 0 aromatic carbocycles. The summed E-state index contributed by atoms with van der Waals surface area (Å²) in [6.45, 7) is 2.22. The Morgan fingerprint density at radius 2 is 2.00 bits per heavy atom. The molecule has 2 aromatic rings. The molecule has 1 aliphatic heterocycles. The van der Waals surface area contributed by atoms with Gasteiger partial charge in [-0.1, -0.05) is 0 Å². The predicted octanol–water partition coefficient (Wildman–Crippen LogP) is 4.00. The van der Waals surface area contributed by atoms with Crippen LogP contribution in [-0.2, 0) is 0 Å². The highest BCUT2D eigenvalue weighted by molar-refractivity contribution is 5.64. The van der Waals surface area contributed by atoms with Gasteiger partial charge in [-0.3, -0.25) is 9.58 Å². The number of nitrogen functional groups attached to an aromatic ring is 1. The summed E-state index contributed by atoms with van der Waals surface area (Å²) in [7, 11) is 0. The molecule has 2 saturated carbocycles. The fraction of sp³-hybridized carbons (Fsp3) is 0.667. The fourth-order valence-electron chi connectivity index (χ4n) is 6.13. The van der Waals surface area contributed by atoms with Gasteiger partial charge in [0.25, 0.3) is 0 Å². The zero-order chi connectivity index (χ0) is 24.2. The zero-order valence-corrected chi connectivity index (χ0v) is 19.5. The Hall–Kier alpha value is -2.33. The van der Waals surface area contributed by atoms with Crippen molar-refractivity contribution in [1.29, 1.82) is 0 Å². The number of nitrogens with zero attached hydrogens (tertiary/aromatic N) is 4. The number of aliphatic hydroxyl groups excluding tert-OH is 1. The van der Waals surface area contributed by atoms with Crippen LogP contribution in [0.5, 0.6) is 5.75 Å². The van der Waals surface area contributed by atoms with E-state index in [0.717, 1.165) is 25.1 Å². The van der Waals surface area contributed by atoms with Gasteiger partial charge in [0, 0.05) is 61.6 Å². The lowest BCUT2D eigenvalue weighted by molar-refractivity contribution is -0.0494. The number of halogens is 3. The Labute approximate surface area is 197 Å². The predicted molar refractivity (Wildman–Crippen MR) is 121 cm³/mol. The third kappa shape index (κ3) is 4.26. The second-order valence-electron chi connectivity index (χ2n) is 10.3. The summed E-state index contributed by atoms with van der Waals surface area (Å²) in [6.07, 6.45) is 4.32. The molecule has 7 nitrogen and oxygen atoms in total. The van der Waals surface area contributed by atoms with E-state index in [2.05, 4.69) is 28.5 Å². The highest BCUT2D eigenvalue weighted by Gasteiger charge is 2.59. The number of anilines is 1. The van der Waals surface area contributed by atoms with Crippen molar-refractivity contribution in [2.75, 3.05) is 25.4 Å². The molecule has 2 aromatic heterocycles. The normalized spacial score (nSPS) is 30.9. The highest BCUT2D eigenvalue weighted by atomic mass is 19.3. The number of nitrogens with two attached hydrogens (primary N) is 1. The Bertz CT molecular complexity index is 1040. The molecule has 5 atom stereocenters. The van der Waals surface area contributed by atoms with Crippen LogP contribution in [0.1, 0.15) is 57.2 Å². The standard InChI is InChI=1S/C24H32F3N5O2/c1-13(2)32-19(10-18(30-32)14-7-20(34-23(25)26)22(28)29-11-14)21-16-8-15(9-17(16)21)31-5-3-24(27,12-31)4-6-33/h7,10-11,13,15-17,21,23,33H,3-6,8-9,12H2,1-2H3,(H2,28,29)/t15?,16-,17+,21?,24?. The minimum atomic E-state index is -2.98. The van der Waals surface area contributed by atoms with Gasteiger partial charge >= 0.3 is 6.61 Å². The van der Waals surface area contributed by atoms with E-state index >= 15 is 0 Å². The molecular weight excluding hydrogens is 447 g/mol. The molecule has 3 aliphatic rings. The van der Waals surface area contributed by atoms with Crippen LogP contribution in [0.15, 0.2) is 18.3 Å². The maximum absolute atomic E-state index is 14.8. The van der Waals surface area contributed by atoms with Gasteiger partial charge in [-0.2, -0.15) is 13.9 Å². The van der Waals surface area contributed by atoms with Gasteiger partial charge in [-0.25, -0.2) is 9.37 Å². The summed E-state index contributed by atoms with van der Waals surface area (Å²) in [5, 5.41) is 13.9. The van der Waals surface area contributed by atoms with Crippen LogP contribution in [-0.4, -0.2) is 62.8 Å². The largest absolute Gasteiger partial charge is 0.431 e. The second kappa shape index (κ2) is 8.71. The molecule has 3 unspecified atom stereocenters. The summed E-state index contributed by atoms with van der Waals surface area (Å²) in [5.41, 5.74) is 6.80. The number of aromatic nitrogens is 3. The molecule has 0 spiro atoms. The first-order valence-corrected chi connectivity index (χ1v) is 12.0. The molecule has 5 rings (SSSR count). The summed E-state index contributed by atoms with van der Waals surface area (Å²) >= 11 is 0. The number of rotatable bonds is 8. The van der Waals surface area contributed by atoms with Crippen molar-refractivity contribution in [1.82, 2.24) is 19.7 Å². The third-order valence-electron chi connectivity index (χ3n) is 7.82. The first kappa shape index (κ1) is 23.4. The number of ether oxygens (including phenoxy) is 1. The summed E-state index contributed by atoms with van der Waals surface area (Å²) in [6, 6.07) is 4.02. The van der Waals surface area contributed by atoms with E-state index in [9.17, 15) is 13.2 Å². The monoisotopic (exact) mass is 479 g/mol. The van der Waals surface area contributed by atoms with Crippen LogP contribution in [0.3, 0.4) is 0 Å². The average Bonchev–Trinajstić information content (AvgIpc) is 3.18. The molecule has 0 bridgehead atoms. The van der Waals surface area contributed by atoms with Crippen LogP contribution in [0, 0.1) is 11.8 Å². The van der Waals surface area contributed by atoms with Gasteiger partial charge in [0.1, 0.15) is 5.67 Å². The number of likely N-dealkylation sites (tertiary alicyclic amines) is 1. The third-order valence-corrected chi connectivity index (χ3v) is 7.82. The van der Waals surface area contributed by atoms with E-state index in [1.807, 2.05) is 10.7 Å². The van der Waals surface area contributed by atoms with Gasteiger partial charge in [-0.05, 0) is 57.1 Å². The average molecular weight is 480 g/mol. The van der Waals surface area contributed by atoms with Crippen LogP contribution < -0.4 is 10.5 Å². The number of hydrogen-bond acceptors (Lipinski definition) is 6. The Morgan fingerprint density at radius 3 is 2.65 bits per heavy atom. The van der Waals surface area contributed by atoms with E-state index in [0.29, 0.717) is 48.0 Å². The minimum absolute atomic E-state index is 0.0893. The van der Waals surface area contributed by atoms with Crippen LogP contribution in [0.4, 0.5) is 19.0 Å². The summed E-state index contributed by atoms with van der Waals surface area (Å²) in [4.78, 5) is 6.28. The molecule has 0 radical (unpaired) electrons. The Balaban J connectivity index is 1.31. The molecule has 1 saturated heterocycles. The highest BCUT2D eigenvalue weighted by Crippen LogP contribution is 2.64. The van der Waals surface area contributed by atoms with Crippen LogP contribution in [0.2, 0.25) is 0 Å².